The van der Waals surface area contributed by atoms with Gasteiger partial charge in [0.1, 0.15) is 11.3 Å². The first kappa shape index (κ1) is 15.9. The van der Waals surface area contributed by atoms with Crippen molar-refractivity contribution in [2.45, 2.75) is 13.5 Å². The molecule has 3 aromatic rings. The fraction of sp³-hybridized carbons (Fsp3) is 0.133. The minimum atomic E-state index is -1.13. The van der Waals surface area contributed by atoms with Gasteiger partial charge in [-0.2, -0.15) is 0 Å². The largest absolute Gasteiger partial charge is 0.477 e. The zero-order valence-corrected chi connectivity index (χ0v) is 13.2. The number of benzene rings is 1. The summed E-state index contributed by atoms with van der Waals surface area (Å²) >= 11 is 6.12. The van der Waals surface area contributed by atoms with Gasteiger partial charge < -0.3 is 9.67 Å². The molecule has 0 saturated carbocycles. The van der Waals surface area contributed by atoms with E-state index in [2.05, 4.69) is 9.97 Å². The van der Waals surface area contributed by atoms with Crippen molar-refractivity contribution >= 4 is 34.4 Å². The van der Waals surface area contributed by atoms with E-state index in [1.807, 2.05) is 0 Å². The van der Waals surface area contributed by atoms with E-state index in [1.54, 1.807) is 23.6 Å². The molecule has 0 aliphatic carbocycles. The molecule has 0 fully saturated rings. The number of aromatic carboxylic acids is 1. The van der Waals surface area contributed by atoms with Gasteiger partial charge in [0.05, 0.1) is 16.5 Å². The number of nitro groups is 1. The fourth-order valence-electron chi connectivity index (χ4n) is 2.37. The predicted octanol–water partition coefficient (Wildman–Crippen LogP) is 3.05. The van der Waals surface area contributed by atoms with Crippen LogP contribution in [-0.4, -0.2) is 30.5 Å². The van der Waals surface area contributed by atoms with Crippen LogP contribution in [-0.2, 0) is 6.54 Å². The fourth-order valence-corrected chi connectivity index (χ4v) is 2.61. The lowest BCUT2D eigenvalue weighted by molar-refractivity contribution is -0.384. The van der Waals surface area contributed by atoms with Crippen molar-refractivity contribution in [1.29, 1.82) is 0 Å². The normalized spacial score (nSPS) is 10.9. The van der Waals surface area contributed by atoms with Crippen molar-refractivity contribution in [3.05, 3.63) is 62.6 Å². The van der Waals surface area contributed by atoms with Gasteiger partial charge in [-0.15, -0.1) is 0 Å². The Balaban J connectivity index is 2.06. The van der Waals surface area contributed by atoms with Crippen molar-refractivity contribution in [1.82, 2.24) is 14.5 Å². The molecule has 9 heteroatoms. The first-order valence-electron chi connectivity index (χ1n) is 6.87. The third-order valence-electron chi connectivity index (χ3n) is 3.58. The van der Waals surface area contributed by atoms with Gasteiger partial charge in [-0.05, 0) is 30.7 Å². The lowest BCUT2D eigenvalue weighted by atomic mass is 10.2. The molecule has 8 nitrogen and oxygen atoms in total. The van der Waals surface area contributed by atoms with Crippen molar-refractivity contribution in [3.8, 4) is 0 Å². The number of hydrogen-bond donors (Lipinski definition) is 1. The SMILES string of the molecule is Cc1nc2ccc(C(=O)O)nc2n1Cc1ccc([N+](=O)[O-])cc1Cl. The van der Waals surface area contributed by atoms with E-state index in [-0.39, 0.29) is 22.9 Å². The van der Waals surface area contributed by atoms with E-state index in [9.17, 15) is 14.9 Å². The number of carboxylic acid groups (broad SMARTS) is 1. The Labute approximate surface area is 140 Å². The third kappa shape index (κ3) is 2.79. The van der Waals surface area contributed by atoms with Crippen molar-refractivity contribution < 1.29 is 14.8 Å². The predicted molar refractivity (Wildman–Crippen MR) is 86.4 cm³/mol. The quantitative estimate of drug-likeness (QED) is 0.574. The van der Waals surface area contributed by atoms with E-state index in [0.717, 1.165) is 0 Å². The standard InChI is InChI=1S/C15H11ClN4O4/c1-8-17-12-4-5-13(15(21)22)18-14(12)19(8)7-9-2-3-10(20(23)24)6-11(9)16/h2-6H,7H2,1H3,(H,21,22). The lowest BCUT2D eigenvalue weighted by Crippen LogP contribution is -2.06. The summed E-state index contributed by atoms with van der Waals surface area (Å²) in [6.07, 6.45) is 0. The van der Waals surface area contributed by atoms with Gasteiger partial charge in [-0.3, -0.25) is 10.1 Å². The molecule has 1 aromatic carbocycles. The molecular weight excluding hydrogens is 336 g/mol. The average Bonchev–Trinajstić information content (AvgIpc) is 2.84. The first-order valence-corrected chi connectivity index (χ1v) is 7.24. The minimum absolute atomic E-state index is 0.0848. The molecule has 0 unspecified atom stereocenters. The molecule has 2 heterocycles. The first-order chi connectivity index (χ1) is 11.4. The second-order valence-corrected chi connectivity index (χ2v) is 5.53. The molecule has 0 spiro atoms. The summed E-state index contributed by atoms with van der Waals surface area (Å²) in [6.45, 7) is 2.04. The molecule has 0 atom stereocenters. The zero-order valence-electron chi connectivity index (χ0n) is 12.4. The summed E-state index contributed by atoms with van der Waals surface area (Å²) in [5.41, 5.74) is 1.45. The Hall–Kier alpha value is -3.00. The summed E-state index contributed by atoms with van der Waals surface area (Å²) in [7, 11) is 0. The number of non-ortho nitro benzene ring substituents is 1. The van der Waals surface area contributed by atoms with E-state index in [1.165, 1.54) is 18.2 Å². The van der Waals surface area contributed by atoms with Crippen LogP contribution in [0.25, 0.3) is 11.2 Å². The highest BCUT2D eigenvalue weighted by atomic mass is 35.5. The number of fused-ring (bicyclic) bond motifs is 1. The average molecular weight is 347 g/mol. The van der Waals surface area contributed by atoms with Crippen molar-refractivity contribution in [2.75, 3.05) is 0 Å². The molecule has 2 aromatic heterocycles. The van der Waals surface area contributed by atoms with Crippen LogP contribution in [0.2, 0.25) is 5.02 Å². The number of nitro benzene ring substituents is 1. The number of aromatic nitrogens is 3. The van der Waals surface area contributed by atoms with Crippen molar-refractivity contribution in [2.24, 2.45) is 0 Å². The number of imidazole rings is 1. The zero-order chi connectivity index (χ0) is 17.4. The smallest absolute Gasteiger partial charge is 0.354 e. The van der Waals surface area contributed by atoms with Crippen LogP contribution in [0.15, 0.2) is 30.3 Å². The van der Waals surface area contributed by atoms with Gasteiger partial charge in [0.25, 0.3) is 5.69 Å². The Kier molecular flexibility index (Phi) is 3.90. The molecule has 0 amide bonds. The highest BCUT2D eigenvalue weighted by Gasteiger charge is 2.15. The second-order valence-electron chi connectivity index (χ2n) is 5.12. The number of carbonyl (C=O) groups is 1. The summed E-state index contributed by atoms with van der Waals surface area (Å²) < 4.78 is 1.72. The van der Waals surface area contributed by atoms with E-state index in [0.29, 0.717) is 22.6 Å². The third-order valence-corrected chi connectivity index (χ3v) is 3.93. The van der Waals surface area contributed by atoms with Gasteiger partial charge in [0.15, 0.2) is 11.3 Å². The van der Waals surface area contributed by atoms with Crippen molar-refractivity contribution in [3.63, 3.8) is 0 Å². The van der Waals surface area contributed by atoms with Crippen LogP contribution >= 0.6 is 11.6 Å². The van der Waals surface area contributed by atoms with Gasteiger partial charge >= 0.3 is 5.97 Å². The van der Waals surface area contributed by atoms with Gasteiger partial charge in [0.2, 0.25) is 0 Å². The van der Waals surface area contributed by atoms with Crippen LogP contribution in [0.5, 0.6) is 0 Å². The van der Waals surface area contributed by atoms with E-state index < -0.39 is 10.9 Å². The van der Waals surface area contributed by atoms with Gasteiger partial charge in [-0.1, -0.05) is 11.6 Å². The van der Waals surface area contributed by atoms with Crippen LogP contribution in [0.3, 0.4) is 0 Å². The molecule has 0 bridgehead atoms. The topological polar surface area (TPSA) is 111 Å². The highest BCUT2D eigenvalue weighted by Crippen LogP contribution is 2.25. The molecule has 1 N–H and O–H groups in total. The van der Waals surface area contributed by atoms with Crippen LogP contribution in [0.4, 0.5) is 5.69 Å². The van der Waals surface area contributed by atoms with Crippen LogP contribution in [0.1, 0.15) is 21.9 Å². The van der Waals surface area contributed by atoms with Crippen LogP contribution in [0, 0.1) is 17.0 Å². The number of rotatable bonds is 4. The highest BCUT2D eigenvalue weighted by molar-refractivity contribution is 6.31. The molecular formula is C15H11ClN4O4. The monoisotopic (exact) mass is 346 g/mol. The Morgan fingerprint density at radius 1 is 1.33 bits per heavy atom. The summed E-state index contributed by atoms with van der Waals surface area (Å²) in [5, 5.41) is 20.1. The van der Waals surface area contributed by atoms with Gasteiger partial charge in [-0.25, -0.2) is 14.8 Å². The number of aryl methyl sites for hydroxylation is 1. The maximum atomic E-state index is 11.1. The Morgan fingerprint density at radius 2 is 2.08 bits per heavy atom. The number of pyridine rings is 1. The minimum Gasteiger partial charge on any atom is -0.477 e. The Morgan fingerprint density at radius 3 is 2.71 bits per heavy atom. The molecule has 24 heavy (non-hydrogen) atoms. The molecule has 0 aliphatic rings. The number of carboxylic acids is 1. The molecule has 122 valence electrons. The second kappa shape index (κ2) is 5.89. The maximum Gasteiger partial charge on any atom is 0.354 e. The Bertz CT molecular complexity index is 983. The maximum absolute atomic E-state index is 11.1. The van der Waals surface area contributed by atoms with Gasteiger partial charge in [0, 0.05) is 12.1 Å². The van der Waals surface area contributed by atoms with E-state index in [4.69, 9.17) is 16.7 Å². The summed E-state index contributed by atoms with van der Waals surface area (Å²) in [6, 6.07) is 7.19. The number of hydrogen-bond acceptors (Lipinski definition) is 5. The number of nitrogens with zero attached hydrogens (tertiary/aromatic N) is 4. The molecule has 3 rings (SSSR count). The summed E-state index contributed by atoms with van der Waals surface area (Å²) in [5.74, 6) is -0.495. The number of halogens is 1. The lowest BCUT2D eigenvalue weighted by Gasteiger charge is -2.08. The molecule has 0 aliphatic heterocycles. The molecule has 0 radical (unpaired) electrons. The molecule has 0 saturated heterocycles. The summed E-state index contributed by atoms with van der Waals surface area (Å²) in [4.78, 5) is 29.8. The van der Waals surface area contributed by atoms with E-state index >= 15 is 0 Å². The van der Waals surface area contributed by atoms with Crippen LogP contribution < -0.4 is 0 Å².